The summed E-state index contributed by atoms with van der Waals surface area (Å²) in [5.41, 5.74) is 8.42. The van der Waals surface area contributed by atoms with E-state index in [0.29, 0.717) is 41.5 Å². The molecule has 33 heavy (non-hydrogen) atoms. The highest BCUT2D eigenvalue weighted by atomic mass is 16.5. The van der Waals surface area contributed by atoms with Crippen LogP contribution in [-0.2, 0) is 16.1 Å². The Balaban J connectivity index is 1.72. The summed E-state index contributed by atoms with van der Waals surface area (Å²) in [5, 5.41) is 9.85. The smallest absolute Gasteiger partial charge is 0.338 e. The molecule has 2 aromatic heterocycles. The average molecular weight is 448 g/mol. The molecule has 0 spiro atoms. The molecule has 0 saturated carbocycles. The Bertz CT molecular complexity index is 1410. The topological polar surface area (TPSA) is 140 Å². The Kier molecular flexibility index (Phi) is 6.23. The van der Waals surface area contributed by atoms with Crippen LogP contribution in [0.3, 0.4) is 0 Å². The predicted molar refractivity (Wildman–Crippen MR) is 124 cm³/mol. The summed E-state index contributed by atoms with van der Waals surface area (Å²) in [6.07, 6.45) is 2.77. The van der Waals surface area contributed by atoms with Crippen LogP contribution in [0.1, 0.15) is 30.1 Å². The number of hydrogen-bond donors (Lipinski definition) is 3. The maximum Gasteiger partial charge on any atom is 0.338 e. The van der Waals surface area contributed by atoms with Crippen LogP contribution in [0, 0.1) is 0 Å². The second-order valence-corrected chi connectivity index (χ2v) is 7.71. The minimum atomic E-state index is -1.02. The number of hydrogen-bond acceptors (Lipinski definition) is 6. The van der Waals surface area contributed by atoms with Crippen LogP contribution < -0.4 is 11.3 Å². The average Bonchev–Trinajstić information content (AvgIpc) is 3.16. The fourth-order valence-corrected chi connectivity index (χ4v) is 3.84. The molecule has 0 aliphatic rings. The first-order chi connectivity index (χ1) is 15.9. The summed E-state index contributed by atoms with van der Waals surface area (Å²) in [5.74, 6) is -1.49. The molecule has 0 fully saturated rings. The van der Waals surface area contributed by atoms with Crippen LogP contribution in [0.4, 0.5) is 0 Å². The second-order valence-electron chi connectivity index (χ2n) is 7.71. The van der Waals surface area contributed by atoms with Gasteiger partial charge in [0.25, 0.3) is 5.56 Å². The van der Waals surface area contributed by atoms with Gasteiger partial charge in [-0.2, -0.15) is 0 Å². The van der Waals surface area contributed by atoms with Crippen molar-refractivity contribution in [3.63, 3.8) is 0 Å². The third-order valence-electron chi connectivity index (χ3n) is 5.48. The number of esters is 1. The predicted octanol–water partition coefficient (Wildman–Crippen LogP) is 2.91. The molecule has 4 rings (SSSR count). The zero-order chi connectivity index (χ0) is 23.5. The van der Waals surface area contributed by atoms with Crippen molar-refractivity contribution in [2.45, 2.75) is 32.4 Å². The molecule has 0 saturated heterocycles. The lowest BCUT2D eigenvalue weighted by molar-refractivity contribution is -0.138. The number of carboxylic acids is 1. The molecule has 0 radical (unpaired) electrons. The first-order valence-corrected chi connectivity index (χ1v) is 10.7. The highest BCUT2D eigenvalue weighted by Crippen LogP contribution is 2.29. The van der Waals surface area contributed by atoms with Gasteiger partial charge in [-0.15, -0.1) is 0 Å². The van der Waals surface area contributed by atoms with Gasteiger partial charge in [0, 0.05) is 29.2 Å². The number of H-pyrrole nitrogens is 1. The fourth-order valence-electron chi connectivity index (χ4n) is 3.84. The maximum atomic E-state index is 12.9. The molecular weight excluding hydrogens is 424 g/mol. The van der Waals surface area contributed by atoms with Gasteiger partial charge in [0.15, 0.2) is 0 Å². The summed E-state index contributed by atoms with van der Waals surface area (Å²) >= 11 is 0. The molecule has 1 atom stereocenters. The highest BCUT2D eigenvalue weighted by molar-refractivity contribution is 5.97. The van der Waals surface area contributed by atoms with Gasteiger partial charge in [-0.3, -0.25) is 9.59 Å². The minimum Gasteiger partial charge on any atom is -0.480 e. The van der Waals surface area contributed by atoms with Crippen molar-refractivity contribution >= 4 is 33.9 Å². The van der Waals surface area contributed by atoms with Crippen molar-refractivity contribution in [1.82, 2.24) is 14.5 Å². The third kappa shape index (κ3) is 4.49. The van der Waals surface area contributed by atoms with Crippen molar-refractivity contribution in [3.8, 4) is 11.3 Å². The number of fused-ring (bicyclic) bond motifs is 2. The van der Waals surface area contributed by atoms with E-state index in [9.17, 15) is 14.4 Å². The van der Waals surface area contributed by atoms with E-state index >= 15 is 0 Å². The van der Waals surface area contributed by atoms with Crippen LogP contribution in [0.2, 0.25) is 0 Å². The SMILES string of the molecule is CCOC(=O)c1ccc2nc(-c3cn(CCCC(N)C(=O)O)c4ccccc34)c(=O)[nH]c2c1. The van der Waals surface area contributed by atoms with Crippen LogP contribution in [0.5, 0.6) is 0 Å². The lowest BCUT2D eigenvalue weighted by atomic mass is 10.1. The third-order valence-corrected chi connectivity index (χ3v) is 5.48. The van der Waals surface area contributed by atoms with Gasteiger partial charge < -0.3 is 25.1 Å². The number of benzene rings is 2. The number of aryl methyl sites for hydroxylation is 1. The van der Waals surface area contributed by atoms with Crippen molar-refractivity contribution < 1.29 is 19.4 Å². The van der Waals surface area contributed by atoms with E-state index in [1.165, 1.54) is 0 Å². The van der Waals surface area contributed by atoms with E-state index in [4.69, 9.17) is 15.6 Å². The highest BCUT2D eigenvalue weighted by Gasteiger charge is 2.17. The second kappa shape index (κ2) is 9.25. The zero-order valence-corrected chi connectivity index (χ0v) is 18.1. The van der Waals surface area contributed by atoms with Crippen LogP contribution in [-0.4, -0.2) is 44.2 Å². The lowest BCUT2D eigenvalue weighted by Crippen LogP contribution is -2.30. The summed E-state index contributed by atoms with van der Waals surface area (Å²) in [6, 6.07) is 11.6. The Labute approximate surface area is 188 Å². The number of nitrogens with two attached hydrogens (primary N) is 1. The Morgan fingerprint density at radius 3 is 2.79 bits per heavy atom. The fraction of sp³-hybridized carbons (Fsp3) is 0.250. The van der Waals surface area contributed by atoms with E-state index in [2.05, 4.69) is 9.97 Å². The number of ether oxygens (including phenoxy) is 1. The number of para-hydroxylation sites is 1. The van der Waals surface area contributed by atoms with Gasteiger partial charge in [-0.05, 0) is 44.0 Å². The van der Waals surface area contributed by atoms with Gasteiger partial charge in [-0.25, -0.2) is 9.78 Å². The monoisotopic (exact) mass is 448 g/mol. The van der Waals surface area contributed by atoms with E-state index in [1.807, 2.05) is 35.0 Å². The molecule has 0 aliphatic heterocycles. The molecule has 2 aromatic carbocycles. The van der Waals surface area contributed by atoms with Crippen LogP contribution in [0.15, 0.2) is 53.5 Å². The Morgan fingerprint density at radius 1 is 1.24 bits per heavy atom. The van der Waals surface area contributed by atoms with Crippen molar-refractivity contribution in [2.24, 2.45) is 5.73 Å². The summed E-state index contributed by atoms with van der Waals surface area (Å²) in [4.78, 5) is 43.3. The lowest BCUT2D eigenvalue weighted by Gasteiger charge is -2.08. The molecule has 9 heteroatoms. The first kappa shape index (κ1) is 22.2. The van der Waals surface area contributed by atoms with Crippen molar-refractivity contribution in [1.29, 1.82) is 0 Å². The van der Waals surface area contributed by atoms with Crippen LogP contribution in [0.25, 0.3) is 33.2 Å². The number of aromatic amines is 1. The van der Waals surface area contributed by atoms with Gasteiger partial charge in [0.05, 0.1) is 23.2 Å². The number of aromatic nitrogens is 3. The summed E-state index contributed by atoms with van der Waals surface area (Å²) < 4.78 is 7.00. The number of nitrogens with one attached hydrogen (secondary N) is 1. The van der Waals surface area contributed by atoms with Gasteiger partial charge in [0.1, 0.15) is 11.7 Å². The maximum absolute atomic E-state index is 12.9. The Hall–Kier alpha value is -3.98. The van der Waals surface area contributed by atoms with Crippen molar-refractivity contribution in [2.75, 3.05) is 6.61 Å². The van der Waals surface area contributed by atoms with Gasteiger partial charge in [0.2, 0.25) is 0 Å². The number of carbonyl (C=O) groups is 2. The largest absolute Gasteiger partial charge is 0.480 e. The molecular formula is C24H24N4O5. The van der Waals surface area contributed by atoms with E-state index < -0.39 is 18.0 Å². The quantitative estimate of drug-likeness (QED) is 0.352. The first-order valence-electron chi connectivity index (χ1n) is 10.7. The normalized spacial score (nSPS) is 12.2. The van der Waals surface area contributed by atoms with Gasteiger partial charge >= 0.3 is 11.9 Å². The zero-order valence-electron chi connectivity index (χ0n) is 18.1. The molecule has 1 unspecified atom stereocenters. The molecule has 4 N–H and O–H groups in total. The summed E-state index contributed by atoms with van der Waals surface area (Å²) in [6.45, 7) is 2.54. The molecule has 170 valence electrons. The number of aliphatic carboxylic acids is 1. The molecule has 9 nitrogen and oxygen atoms in total. The molecule has 4 aromatic rings. The number of carboxylic acid groups (broad SMARTS) is 1. The van der Waals surface area contributed by atoms with E-state index in [-0.39, 0.29) is 17.9 Å². The number of nitrogens with zero attached hydrogens (tertiary/aromatic N) is 2. The van der Waals surface area contributed by atoms with Crippen LogP contribution >= 0.6 is 0 Å². The molecule has 0 bridgehead atoms. The van der Waals surface area contributed by atoms with Gasteiger partial charge in [-0.1, -0.05) is 18.2 Å². The molecule has 0 amide bonds. The number of carbonyl (C=O) groups excluding carboxylic acids is 1. The summed E-state index contributed by atoms with van der Waals surface area (Å²) in [7, 11) is 0. The molecule has 0 aliphatic carbocycles. The molecule has 2 heterocycles. The standard InChI is InChI=1S/C24H24N4O5/c1-2-33-24(32)14-9-10-18-19(12-14)27-22(29)21(26-18)16-13-28(11-5-7-17(25)23(30)31)20-8-4-3-6-15(16)20/h3-4,6,8-10,12-13,17H,2,5,7,11,25H2,1H3,(H,27,29)(H,30,31). The van der Waals surface area contributed by atoms with Crippen molar-refractivity contribution in [3.05, 3.63) is 64.6 Å². The minimum absolute atomic E-state index is 0.261. The van der Waals surface area contributed by atoms with E-state index in [0.717, 1.165) is 10.9 Å². The van der Waals surface area contributed by atoms with E-state index in [1.54, 1.807) is 25.1 Å². The number of rotatable bonds is 8. The Morgan fingerprint density at radius 2 is 2.03 bits per heavy atom.